The Morgan fingerprint density at radius 1 is 1.47 bits per heavy atom. The van der Waals surface area contributed by atoms with E-state index in [2.05, 4.69) is 20.7 Å². The zero-order valence-corrected chi connectivity index (χ0v) is 9.93. The van der Waals surface area contributed by atoms with Crippen LogP contribution in [-0.2, 0) is 4.74 Å². The molecule has 0 fully saturated rings. The van der Waals surface area contributed by atoms with Crippen molar-refractivity contribution in [3.63, 3.8) is 0 Å². The minimum atomic E-state index is -0.284. The average molecular weight is 239 g/mol. The number of hydrogen-bond acceptors (Lipinski definition) is 6. The SMILES string of the molecule is CC(C)OCCNC(=O)c1cnc(NN)cn1. The van der Waals surface area contributed by atoms with Gasteiger partial charge in [-0.3, -0.25) is 4.79 Å². The Morgan fingerprint density at radius 3 is 2.76 bits per heavy atom. The molecule has 1 rings (SSSR count). The molecule has 1 aromatic heterocycles. The third-order valence-electron chi connectivity index (χ3n) is 1.87. The number of anilines is 1. The van der Waals surface area contributed by atoms with Crippen LogP contribution in [-0.4, -0.2) is 35.1 Å². The van der Waals surface area contributed by atoms with Gasteiger partial charge in [-0.1, -0.05) is 0 Å². The molecule has 0 spiro atoms. The smallest absolute Gasteiger partial charge is 0.271 e. The summed E-state index contributed by atoms with van der Waals surface area (Å²) in [5.74, 6) is 5.26. The van der Waals surface area contributed by atoms with E-state index >= 15 is 0 Å². The van der Waals surface area contributed by atoms with Gasteiger partial charge in [0.05, 0.1) is 25.1 Å². The number of hydrazine groups is 1. The summed E-state index contributed by atoms with van der Waals surface area (Å²) in [6.45, 7) is 4.78. The standard InChI is InChI=1S/C10H17N5O2/c1-7(2)17-4-3-12-10(16)8-5-14-9(15-11)6-13-8/h5-7H,3-4,11H2,1-2H3,(H,12,16)(H,14,15). The number of rotatable bonds is 6. The van der Waals surface area contributed by atoms with Crippen LogP contribution >= 0.6 is 0 Å². The van der Waals surface area contributed by atoms with Crippen molar-refractivity contribution in [2.45, 2.75) is 20.0 Å². The van der Waals surface area contributed by atoms with Gasteiger partial charge in [-0.25, -0.2) is 15.8 Å². The minimum absolute atomic E-state index is 0.154. The van der Waals surface area contributed by atoms with Crippen molar-refractivity contribution >= 4 is 11.7 Å². The second-order valence-electron chi connectivity index (χ2n) is 3.61. The molecule has 0 aromatic carbocycles. The monoisotopic (exact) mass is 239 g/mol. The zero-order valence-electron chi connectivity index (χ0n) is 9.93. The second-order valence-corrected chi connectivity index (χ2v) is 3.61. The Bertz CT molecular complexity index is 352. The average Bonchev–Trinajstić information content (AvgIpc) is 2.34. The van der Waals surface area contributed by atoms with Crippen molar-refractivity contribution in [2.75, 3.05) is 18.6 Å². The van der Waals surface area contributed by atoms with Gasteiger partial charge in [0.1, 0.15) is 5.69 Å². The van der Waals surface area contributed by atoms with Gasteiger partial charge in [0.2, 0.25) is 0 Å². The van der Waals surface area contributed by atoms with Gasteiger partial charge in [-0.2, -0.15) is 0 Å². The Morgan fingerprint density at radius 2 is 2.24 bits per heavy atom. The molecule has 0 radical (unpaired) electrons. The lowest BCUT2D eigenvalue weighted by atomic mass is 10.4. The molecule has 0 atom stereocenters. The molecular formula is C10H17N5O2. The van der Waals surface area contributed by atoms with Crippen LogP contribution in [0.2, 0.25) is 0 Å². The topological polar surface area (TPSA) is 102 Å². The molecule has 0 bridgehead atoms. The summed E-state index contributed by atoms with van der Waals surface area (Å²) in [4.78, 5) is 19.4. The van der Waals surface area contributed by atoms with Crippen molar-refractivity contribution in [3.8, 4) is 0 Å². The lowest BCUT2D eigenvalue weighted by Gasteiger charge is -2.08. The molecule has 0 aliphatic rings. The van der Waals surface area contributed by atoms with Crippen molar-refractivity contribution in [3.05, 3.63) is 18.1 Å². The molecular weight excluding hydrogens is 222 g/mol. The second kappa shape index (κ2) is 6.77. The van der Waals surface area contributed by atoms with Crippen LogP contribution in [0.1, 0.15) is 24.3 Å². The van der Waals surface area contributed by atoms with Gasteiger partial charge in [0.25, 0.3) is 5.91 Å². The van der Waals surface area contributed by atoms with Gasteiger partial charge in [0.15, 0.2) is 5.82 Å². The van der Waals surface area contributed by atoms with Crippen molar-refractivity contribution in [2.24, 2.45) is 5.84 Å². The lowest BCUT2D eigenvalue weighted by molar-refractivity contribution is 0.0744. The number of carbonyl (C=O) groups excluding carboxylic acids is 1. The molecule has 0 unspecified atom stereocenters. The Kier molecular flexibility index (Phi) is 5.31. The highest BCUT2D eigenvalue weighted by Gasteiger charge is 2.06. The maximum Gasteiger partial charge on any atom is 0.271 e. The lowest BCUT2D eigenvalue weighted by Crippen LogP contribution is -2.29. The molecule has 1 aromatic rings. The molecule has 0 aliphatic carbocycles. The number of nitrogen functional groups attached to an aromatic ring is 1. The van der Waals surface area contributed by atoms with E-state index in [1.165, 1.54) is 12.4 Å². The minimum Gasteiger partial charge on any atom is -0.377 e. The fourth-order valence-electron chi connectivity index (χ4n) is 1.07. The van der Waals surface area contributed by atoms with Gasteiger partial charge < -0.3 is 15.5 Å². The van der Waals surface area contributed by atoms with Crippen molar-refractivity contribution in [1.82, 2.24) is 15.3 Å². The van der Waals surface area contributed by atoms with Crippen molar-refractivity contribution in [1.29, 1.82) is 0 Å². The number of nitrogens with two attached hydrogens (primary N) is 1. The van der Waals surface area contributed by atoms with Crippen LogP contribution in [0.15, 0.2) is 12.4 Å². The predicted octanol–water partition coefficient (Wildman–Crippen LogP) is -0.0830. The van der Waals surface area contributed by atoms with E-state index in [0.717, 1.165) is 0 Å². The van der Waals surface area contributed by atoms with Crippen molar-refractivity contribution < 1.29 is 9.53 Å². The fourth-order valence-corrected chi connectivity index (χ4v) is 1.07. The summed E-state index contributed by atoms with van der Waals surface area (Å²) < 4.78 is 5.29. The first kappa shape index (κ1) is 13.3. The highest BCUT2D eigenvalue weighted by molar-refractivity contribution is 5.91. The molecule has 1 heterocycles. The van der Waals surface area contributed by atoms with E-state index in [0.29, 0.717) is 19.0 Å². The quantitative estimate of drug-likeness (QED) is 0.364. The molecule has 0 aliphatic heterocycles. The van der Waals surface area contributed by atoms with E-state index < -0.39 is 0 Å². The summed E-state index contributed by atoms with van der Waals surface area (Å²) in [6.07, 6.45) is 2.90. The van der Waals surface area contributed by atoms with Crippen LogP contribution in [0, 0.1) is 0 Å². The van der Waals surface area contributed by atoms with E-state index in [4.69, 9.17) is 10.6 Å². The maximum atomic E-state index is 11.6. The highest BCUT2D eigenvalue weighted by Crippen LogP contribution is 1.98. The number of amides is 1. The molecule has 94 valence electrons. The van der Waals surface area contributed by atoms with Gasteiger partial charge in [0, 0.05) is 6.54 Å². The van der Waals surface area contributed by atoms with Gasteiger partial charge in [-0.15, -0.1) is 0 Å². The number of ether oxygens (including phenoxy) is 1. The normalized spacial score (nSPS) is 10.4. The zero-order chi connectivity index (χ0) is 12.7. The highest BCUT2D eigenvalue weighted by atomic mass is 16.5. The number of nitrogens with zero attached hydrogens (tertiary/aromatic N) is 2. The summed E-state index contributed by atoms with van der Waals surface area (Å²) in [6, 6.07) is 0. The largest absolute Gasteiger partial charge is 0.377 e. The Hall–Kier alpha value is -1.73. The Balaban J connectivity index is 2.36. The molecule has 7 nitrogen and oxygen atoms in total. The molecule has 17 heavy (non-hydrogen) atoms. The van der Waals surface area contributed by atoms with Gasteiger partial charge in [-0.05, 0) is 13.8 Å². The third-order valence-corrected chi connectivity index (χ3v) is 1.87. The summed E-state index contributed by atoms with van der Waals surface area (Å²) >= 11 is 0. The Labute approximate surface area is 99.7 Å². The number of nitrogens with one attached hydrogen (secondary N) is 2. The first-order valence-corrected chi connectivity index (χ1v) is 5.32. The van der Waals surface area contributed by atoms with Crippen LogP contribution in [0.4, 0.5) is 5.82 Å². The first-order chi connectivity index (χ1) is 8.13. The molecule has 7 heteroatoms. The number of aromatic nitrogens is 2. The predicted molar refractivity (Wildman–Crippen MR) is 63.3 cm³/mol. The van der Waals surface area contributed by atoms with Crippen LogP contribution in [0.25, 0.3) is 0 Å². The van der Waals surface area contributed by atoms with E-state index in [1.807, 2.05) is 13.8 Å². The first-order valence-electron chi connectivity index (χ1n) is 5.32. The van der Waals surface area contributed by atoms with Gasteiger partial charge >= 0.3 is 0 Å². The number of hydrogen-bond donors (Lipinski definition) is 3. The van der Waals surface area contributed by atoms with E-state index in [9.17, 15) is 4.79 Å². The summed E-state index contributed by atoms with van der Waals surface area (Å²) in [5, 5.41) is 2.67. The molecule has 4 N–H and O–H groups in total. The molecule has 0 saturated heterocycles. The van der Waals surface area contributed by atoms with Crippen LogP contribution < -0.4 is 16.6 Å². The third kappa shape index (κ3) is 4.75. The van der Waals surface area contributed by atoms with E-state index in [1.54, 1.807) is 0 Å². The number of carbonyl (C=O) groups is 1. The maximum absolute atomic E-state index is 11.6. The van der Waals surface area contributed by atoms with Crippen LogP contribution in [0.3, 0.4) is 0 Å². The molecule has 1 amide bonds. The van der Waals surface area contributed by atoms with Crippen LogP contribution in [0.5, 0.6) is 0 Å². The van der Waals surface area contributed by atoms with E-state index in [-0.39, 0.29) is 17.7 Å². The fraction of sp³-hybridized carbons (Fsp3) is 0.500. The summed E-state index contributed by atoms with van der Waals surface area (Å²) in [7, 11) is 0. The molecule has 0 saturated carbocycles. The summed E-state index contributed by atoms with van der Waals surface area (Å²) in [5.41, 5.74) is 2.58.